The molecule has 1 aromatic carbocycles. The molecular weight excluding hydrogens is 248 g/mol. The summed E-state index contributed by atoms with van der Waals surface area (Å²) in [6.45, 7) is 4.80. The van der Waals surface area contributed by atoms with Gasteiger partial charge in [0.15, 0.2) is 0 Å². The standard InChI is InChI=1S/C17H22N2O/c1-4-13-6-8-14(9-7-13)17(18-3)15-10-16(20-5-2)12-19-11-15/h6-12,17-18H,4-5H2,1-3H3. The SMILES string of the molecule is CCOc1cncc(C(NC)c2ccc(CC)cc2)c1. The van der Waals surface area contributed by atoms with Crippen LogP contribution in [0.2, 0.25) is 0 Å². The van der Waals surface area contributed by atoms with Crippen LogP contribution in [0.1, 0.15) is 36.6 Å². The van der Waals surface area contributed by atoms with Gasteiger partial charge in [-0.2, -0.15) is 0 Å². The first-order chi connectivity index (χ1) is 9.78. The summed E-state index contributed by atoms with van der Waals surface area (Å²) in [4.78, 5) is 4.27. The van der Waals surface area contributed by atoms with Crippen LogP contribution in [-0.2, 0) is 6.42 Å². The normalized spacial score (nSPS) is 12.2. The Hall–Kier alpha value is -1.87. The van der Waals surface area contributed by atoms with Crippen molar-refractivity contribution in [1.82, 2.24) is 10.3 Å². The Kier molecular flexibility index (Phi) is 5.13. The summed E-state index contributed by atoms with van der Waals surface area (Å²) in [5.41, 5.74) is 3.70. The number of nitrogens with zero attached hydrogens (tertiary/aromatic N) is 1. The molecule has 1 heterocycles. The summed E-state index contributed by atoms with van der Waals surface area (Å²) in [5, 5.41) is 3.35. The van der Waals surface area contributed by atoms with Crippen molar-refractivity contribution >= 4 is 0 Å². The minimum absolute atomic E-state index is 0.133. The number of nitrogens with one attached hydrogen (secondary N) is 1. The molecule has 0 fully saturated rings. The fourth-order valence-corrected chi connectivity index (χ4v) is 2.31. The van der Waals surface area contributed by atoms with Crippen molar-refractivity contribution in [1.29, 1.82) is 0 Å². The molecule has 3 nitrogen and oxygen atoms in total. The van der Waals surface area contributed by atoms with E-state index in [9.17, 15) is 0 Å². The van der Waals surface area contributed by atoms with E-state index in [-0.39, 0.29) is 6.04 Å². The second kappa shape index (κ2) is 7.06. The number of hydrogen-bond acceptors (Lipinski definition) is 3. The van der Waals surface area contributed by atoms with Crippen molar-refractivity contribution in [3.8, 4) is 5.75 Å². The maximum Gasteiger partial charge on any atom is 0.137 e. The van der Waals surface area contributed by atoms with Gasteiger partial charge in [0.2, 0.25) is 0 Å². The molecule has 0 aliphatic heterocycles. The van der Waals surface area contributed by atoms with E-state index in [0.29, 0.717) is 6.61 Å². The highest BCUT2D eigenvalue weighted by atomic mass is 16.5. The number of ether oxygens (including phenoxy) is 1. The average molecular weight is 270 g/mol. The predicted octanol–water partition coefficient (Wildman–Crippen LogP) is 3.35. The zero-order chi connectivity index (χ0) is 14.4. The smallest absolute Gasteiger partial charge is 0.137 e. The van der Waals surface area contributed by atoms with Crippen molar-refractivity contribution in [2.75, 3.05) is 13.7 Å². The average Bonchev–Trinajstić information content (AvgIpc) is 2.49. The van der Waals surface area contributed by atoms with E-state index in [1.807, 2.05) is 26.2 Å². The van der Waals surface area contributed by atoms with Gasteiger partial charge in [-0.05, 0) is 43.1 Å². The quantitative estimate of drug-likeness (QED) is 0.874. The Morgan fingerprint density at radius 2 is 1.85 bits per heavy atom. The topological polar surface area (TPSA) is 34.1 Å². The van der Waals surface area contributed by atoms with Crippen LogP contribution in [0.25, 0.3) is 0 Å². The summed E-state index contributed by atoms with van der Waals surface area (Å²) >= 11 is 0. The van der Waals surface area contributed by atoms with E-state index in [2.05, 4.69) is 41.5 Å². The lowest BCUT2D eigenvalue weighted by molar-refractivity contribution is 0.338. The third kappa shape index (κ3) is 3.36. The first-order valence-corrected chi connectivity index (χ1v) is 7.12. The van der Waals surface area contributed by atoms with Gasteiger partial charge in [-0.25, -0.2) is 0 Å². The molecule has 106 valence electrons. The van der Waals surface area contributed by atoms with Gasteiger partial charge in [-0.1, -0.05) is 31.2 Å². The summed E-state index contributed by atoms with van der Waals surface area (Å²) in [5.74, 6) is 0.815. The zero-order valence-corrected chi connectivity index (χ0v) is 12.4. The van der Waals surface area contributed by atoms with Crippen LogP contribution in [0.3, 0.4) is 0 Å². The van der Waals surface area contributed by atoms with Gasteiger partial charge in [0, 0.05) is 6.20 Å². The van der Waals surface area contributed by atoms with E-state index in [1.165, 1.54) is 11.1 Å². The second-order valence-corrected chi connectivity index (χ2v) is 4.70. The molecule has 0 aliphatic rings. The van der Waals surface area contributed by atoms with Crippen molar-refractivity contribution < 1.29 is 4.74 Å². The molecule has 0 saturated heterocycles. The molecule has 3 heteroatoms. The van der Waals surface area contributed by atoms with Gasteiger partial charge in [0.05, 0.1) is 18.8 Å². The largest absolute Gasteiger partial charge is 0.492 e. The minimum atomic E-state index is 0.133. The van der Waals surface area contributed by atoms with Crippen molar-refractivity contribution in [3.63, 3.8) is 0 Å². The molecule has 0 bridgehead atoms. The highest BCUT2D eigenvalue weighted by Gasteiger charge is 2.13. The van der Waals surface area contributed by atoms with Gasteiger partial charge in [0.25, 0.3) is 0 Å². The zero-order valence-electron chi connectivity index (χ0n) is 12.4. The first-order valence-electron chi connectivity index (χ1n) is 7.12. The van der Waals surface area contributed by atoms with Crippen molar-refractivity contribution in [3.05, 3.63) is 59.4 Å². The van der Waals surface area contributed by atoms with Crippen LogP contribution in [-0.4, -0.2) is 18.6 Å². The molecule has 20 heavy (non-hydrogen) atoms. The molecule has 0 saturated carbocycles. The summed E-state index contributed by atoms with van der Waals surface area (Å²) < 4.78 is 5.52. The Balaban J connectivity index is 2.28. The number of aryl methyl sites for hydroxylation is 1. The fourth-order valence-electron chi connectivity index (χ4n) is 2.31. The lowest BCUT2D eigenvalue weighted by Gasteiger charge is -2.18. The highest BCUT2D eigenvalue weighted by Crippen LogP contribution is 2.24. The van der Waals surface area contributed by atoms with E-state index in [1.54, 1.807) is 6.20 Å². The summed E-state index contributed by atoms with van der Waals surface area (Å²) in [7, 11) is 1.96. The maximum atomic E-state index is 5.52. The lowest BCUT2D eigenvalue weighted by Crippen LogP contribution is -2.18. The molecule has 2 rings (SSSR count). The third-order valence-electron chi connectivity index (χ3n) is 3.39. The first kappa shape index (κ1) is 14.5. The van der Waals surface area contributed by atoms with Gasteiger partial charge >= 0.3 is 0 Å². The second-order valence-electron chi connectivity index (χ2n) is 4.70. The Morgan fingerprint density at radius 1 is 1.10 bits per heavy atom. The number of aromatic nitrogens is 1. The molecule has 2 aromatic rings. The van der Waals surface area contributed by atoms with Crippen molar-refractivity contribution in [2.24, 2.45) is 0 Å². The molecule has 1 atom stereocenters. The van der Waals surface area contributed by atoms with Crippen molar-refractivity contribution in [2.45, 2.75) is 26.3 Å². The van der Waals surface area contributed by atoms with E-state index in [0.717, 1.165) is 17.7 Å². The number of hydrogen-bond donors (Lipinski definition) is 1. The van der Waals surface area contributed by atoms with Crippen LogP contribution in [0.15, 0.2) is 42.7 Å². The van der Waals surface area contributed by atoms with Crippen LogP contribution in [0, 0.1) is 0 Å². The van der Waals surface area contributed by atoms with Crippen LogP contribution < -0.4 is 10.1 Å². The summed E-state index contributed by atoms with van der Waals surface area (Å²) in [6.07, 6.45) is 4.70. The molecule has 1 aromatic heterocycles. The molecule has 1 N–H and O–H groups in total. The van der Waals surface area contributed by atoms with Gasteiger partial charge < -0.3 is 10.1 Å². The predicted molar refractivity (Wildman–Crippen MR) is 82.1 cm³/mol. The molecule has 0 aliphatic carbocycles. The van der Waals surface area contributed by atoms with Crippen LogP contribution >= 0.6 is 0 Å². The molecular formula is C17H22N2O. The molecule has 0 amide bonds. The number of rotatable bonds is 6. The van der Waals surface area contributed by atoms with Gasteiger partial charge in [-0.3, -0.25) is 4.98 Å². The lowest BCUT2D eigenvalue weighted by atomic mass is 9.98. The Bertz CT molecular complexity index is 537. The third-order valence-corrected chi connectivity index (χ3v) is 3.39. The van der Waals surface area contributed by atoms with E-state index in [4.69, 9.17) is 4.74 Å². The van der Waals surface area contributed by atoms with E-state index >= 15 is 0 Å². The molecule has 0 radical (unpaired) electrons. The monoisotopic (exact) mass is 270 g/mol. The van der Waals surface area contributed by atoms with Gasteiger partial charge in [0.1, 0.15) is 5.75 Å². The highest BCUT2D eigenvalue weighted by molar-refractivity contribution is 5.35. The minimum Gasteiger partial charge on any atom is -0.492 e. The Morgan fingerprint density at radius 3 is 2.45 bits per heavy atom. The van der Waals surface area contributed by atoms with Crippen LogP contribution in [0.5, 0.6) is 5.75 Å². The molecule has 0 spiro atoms. The fraction of sp³-hybridized carbons (Fsp3) is 0.353. The number of benzene rings is 1. The molecule has 1 unspecified atom stereocenters. The number of pyridine rings is 1. The Labute approximate surface area is 121 Å². The van der Waals surface area contributed by atoms with Crippen LogP contribution in [0.4, 0.5) is 0 Å². The maximum absolute atomic E-state index is 5.52. The van der Waals surface area contributed by atoms with E-state index < -0.39 is 0 Å². The summed E-state index contributed by atoms with van der Waals surface area (Å²) in [6, 6.07) is 10.9. The van der Waals surface area contributed by atoms with Gasteiger partial charge in [-0.15, -0.1) is 0 Å².